The minimum absolute atomic E-state index is 0.184. The molecule has 324 valence electrons. The summed E-state index contributed by atoms with van der Waals surface area (Å²) in [5.74, 6) is -2.03. The van der Waals surface area contributed by atoms with Crippen LogP contribution in [0, 0.1) is 0 Å². The molecule has 0 saturated carbocycles. The average molecular weight is 791 g/mol. The maximum absolute atomic E-state index is 12.8. The maximum atomic E-state index is 12.8. The first kappa shape index (κ1) is 53.2. The second-order valence-electron chi connectivity index (χ2n) is 16.0. The summed E-state index contributed by atoms with van der Waals surface area (Å²) in [7, 11) is 5.94. The number of esters is 2. The molecule has 1 N–H and O–H groups in total. The van der Waals surface area contributed by atoms with E-state index in [2.05, 4.69) is 62.5 Å². The molecule has 0 radical (unpaired) electrons. The number of carboxylic acids is 1. The van der Waals surface area contributed by atoms with E-state index in [1.54, 1.807) is 0 Å². The maximum Gasteiger partial charge on any atom is 0.361 e. The minimum atomic E-state index is -1.51. The molecule has 0 aromatic rings. The fourth-order valence-electron chi connectivity index (χ4n) is 5.88. The normalized spacial score (nSPS) is 13.4. The number of unbranched alkanes of at least 4 members (excludes halogenated alkanes) is 17. The zero-order valence-corrected chi connectivity index (χ0v) is 36.5. The number of nitrogens with zero attached hydrogens (tertiary/aromatic N) is 1. The van der Waals surface area contributed by atoms with E-state index in [0.29, 0.717) is 23.9 Å². The number of carbonyl (C=O) groups is 3. The zero-order chi connectivity index (χ0) is 41.4. The molecular weight excluding hydrogens is 707 g/mol. The van der Waals surface area contributed by atoms with Crippen molar-refractivity contribution in [1.82, 2.24) is 0 Å². The van der Waals surface area contributed by atoms with Crippen LogP contribution in [0.1, 0.15) is 174 Å². The van der Waals surface area contributed by atoms with E-state index in [9.17, 15) is 19.5 Å². The number of ether oxygens (including phenoxy) is 4. The van der Waals surface area contributed by atoms with E-state index in [1.165, 1.54) is 57.8 Å². The first-order valence-electron chi connectivity index (χ1n) is 22.3. The molecule has 0 aromatic heterocycles. The van der Waals surface area contributed by atoms with Crippen LogP contribution in [0.25, 0.3) is 0 Å². The second kappa shape index (κ2) is 39.1. The third kappa shape index (κ3) is 39.5. The van der Waals surface area contributed by atoms with Crippen molar-refractivity contribution in [1.29, 1.82) is 0 Å². The molecule has 2 unspecified atom stereocenters. The highest BCUT2D eigenvalue weighted by molar-refractivity contribution is 5.71. The van der Waals surface area contributed by atoms with Crippen LogP contribution in [0.5, 0.6) is 0 Å². The van der Waals surface area contributed by atoms with Gasteiger partial charge in [0, 0.05) is 12.8 Å². The number of hydrogen-bond acceptors (Lipinski definition) is 7. The highest BCUT2D eigenvalue weighted by Crippen LogP contribution is 2.14. The van der Waals surface area contributed by atoms with E-state index >= 15 is 0 Å². The van der Waals surface area contributed by atoms with Gasteiger partial charge in [0.05, 0.1) is 34.4 Å². The predicted octanol–water partition coefficient (Wildman–Crippen LogP) is 11.6. The molecule has 9 nitrogen and oxygen atoms in total. The van der Waals surface area contributed by atoms with E-state index in [-0.39, 0.29) is 32.2 Å². The van der Waals surface area contributed by atoms with Crippen LogP contribution >= 0.6 is 0 Å². The van der Waals surface area contributed by atoms with Gasteiger partial charge in [0.25, 0.3) is 6.29 Å². The first-order chi connectivity index (χ1) is 27.1. The molecule has 0 spiro atoms. The molecule has 0 aromatic carbocycles. The molecule has 0 aliphatic carbocycles. The van der Waals surface area contributed by atoms with Gasteiger partial charge in [0.1, 0.15) is 13.2 Å². The van der Waals surface area contributed by atoms with Gasteiger partial charge in [-0.05, 0) is 51.4 Å². The van der Waals surface area contributed by atoms with Crippen molar-refractivity contribution in [2.24, 2.45) is 0 Å². The summed E-state index contributed by atoms with van der Waals surface area (Å²) < 4.78 is 22.7. The Labute approximate surface area is 342 Å². The Morgan fingerprint density at radius 2 is 1.02 bits per heavy atom. The van der Waals surface area contributed by atoms with Gasteiger partial charge in [0.15, 0.2) is 6.10 Å². The molecule has 0 bridgehead atoms. The Hall–Kier alpha value is -2.75. The van der Waals surface area contributed by atoms with Crippen LogP contribution in [0.3, 0.4) is 0 Å². The smallest absolute Gasteiger partial charge is 0.361 e. The lowest BCUT2D eigenvalue weighted by Crippen LogP contribution is -2.40. The lowest BCUT2D eigenvalue weighted by Gasteiger charge is -2.25. The molecule has 56 heavy (non-hydrogen) atoms. The van der Waals surface area contributed by atoms with Gasteiger partial charge in [-0.15, -0.1) is 0 Å². The van der Waals surface area contributed by atoms with Crippen LogP contribution in [0.4, 0.5) is 0 Å². The van der Waals surface area contributed by atoms with Crippen molar-refractivity contribution >= 4 is 17.9 Å². The number of likely N-dealkylation sites (N-methyl/N-ethyl adjacent to an activating group) is 1. The van der Waals surface area contributed by atoms with Gasteiger partial charge < -0.3 is 28.5 Å². The van der Waals surface area contributed by atoms with Gasteiger partial charge in [-0.25, -0.2) is 4.79 Å². The van der Waals surface area contributed by atoms with Crippen LogP contribution in [-0.2, 0) is 33.3 Å². The van der Waals surface area contributed by atoms with Gasteiger partial charge in [-0.3, -0.25) is 9.59 Å². The molecule has 0 saturated heterocycles. The van der Waals surface area contributed by atoms with Gasteiger partial charge in [-0.2, -0.15) is 0 Å². The molecule has 0 aliphatic rings. The first-order valence-corrected chi connectivity index (χ1v) is 22.3. The Bertz CT molecular complexity index is 1060. The summed E-state index contributed by atoms with van der Waals surface area (Å²) in [5, 5.41) is 9.63. The summed E-state index contributed by atoms with van der Waals surface area (Å²) >= 11 is 0. The third-order valence-corrected chi connectivity index (χ3v) is 9.35. The monoisotopic (exact) mass is 791 g/mol. The van der Waals surface area contributed by atoms with E-state index in [4.69, 9.17) is 18.9 Å². The molecule has 9 heteroatoms. The van der Waals surface area contributed by atoms with Gasteiger partial charge >= 0.3 is 17.9 Å². The number of carbonyl (C=O) groups excluding carboxylic acids is 2. The molecule has 2 atom stereocenters. The lowest BCUT2D eigenvalue weighted by atomic mass is 10.0. The van der Waals surface area contributed by atoms with Crippen LogP contribution in [-0.4, -0.2) is 87.4 Å². The fourth-order valence-corrected chi connectivity index (χ4v) is 5.88. The summed E-state index contributed by atoms with van der Waals surface area (Å²) in [5.41, 5.74) is 0. The Morgan fingerprint density at radius 1 is 0.554 bits per heavy atom. The number of rotatable bonds is 40. The largest absolute Gasteiger partial charge is 0.477 e. The molecule has 0 amide bonds. The van der Waals surface area contributed by atoms with Crippen LogP contribution in [0.2, 0.25) is 0 Å². The summed E-state index contributed by atoms with van der Waals surface area (Å²) in [6.45, 7) is 4.73. The fraction of sp³-hybridized carbons (Fsp3) is 0.766. The highest BCUT2D eigenvalue weighted by Gasteiger charge is 2.25. The topological polar surface area (TPSA) is 108 Å². The number of quaternary nitrogens is 1. The molecule has 0 rings (SSSR count). The van der Waals surface area contributed by atoms with Crippen LogP contribution < -0.4 is 0 Å². The SMILES string of the molecule is CC/C=C\C/C=C\C/C=C\C/C=C\CCCCCCCCC(=O)OC(COC(=O)CCCCCCCCCCCCCC)COC(OCC[N+](C)(C)C)C(=O)O. The molecule has 0 heterocycles. The van der Waals surface area contributed by atoms with Crippen molar-refractivity contribution in [3.05, 3.63) is 48.6 Å². The van der Waals surface area contributed by atoms with E-state index in [0.717, 1.165) is 83.5 Å². The highest BCUT2D eigenvalue weighted by atomic mass is 16.7. The quantitative estimate of drug-likeness (QED) is 0.0215. The van der Waals surface area contributed by atoms with Crippen molar-refractivity contribution in [3.8, 4) is 0 Å². The average Bonchev–Trinajstić information content (AvgIpc) is 3.15. The Morgan fingerprint density at radius 3 is 1.52 bits per heavy atom. The predicted molar refractivity (Wildman–Crippen MR) is 230 cm³/mol. The second-order valence-corrected chi connectivity index (χ2v) is 16.0. The van der Waals surface area contributed by atoms with Crippen LogP contribution in [0.15, 0.2) is 48.6 Å². The van der Waals surface area contributed by atoms with Crippen molar-refractivity contribution in [2.75, 3.05) is 47.5 Å². The number of aliphatic carboxylic acids is 1. The van der Waals surface area contributed by atoms with E-state index < -0.39 is 24.3 Å². The molecule has 0 aliphatic heterocycles. The number of allylic oxidation sites excluding steroid dienone is 8. The van der Waals surface area contributed by atoms with Crippen molar-refractivity contribution in [2.45, 2.75) is 187 Å². The summed E-state index contributed by atoms with van der Waals surface area (Å²) in [6, 6.07) is 0. The summed E-state index contributed by atoms with van der Waals surface area (Å²) in [6.07, 6.45) is 41.6. The third-order valence-electron chi connectivity index (χ3n) is 9.35. The standard InChI is InChI=1S/C47H83NO8/c1-6-8-10-12-14-16-18-20-21-22-23-24-25-26-28-30-32-34-36-38-45(50)56-43(42-55-47(46(51)52)53-40-39-48(3,4)5)41-54-44(49)37-35-33-31-29-27-19-17-15-13-11-9-7-2/h8,10,14,16,20-21,23-24,43,47H,6-7,9,11-13,15,17-19,22,25-42H2,1-5H3/p+1/b10-8-,16-14-,21-20-,24-23-. The van der Waals surface area contributed by atoms with Crippen molar-refractivity contribution in [3.63, 3.8) is 0 Å². The molecular formula is C47H84NO8+. The van der Waals surface area contributed by atoms with E-state index in [1.807, 2.05) is 21.1 Å². The van der Waals surface area contributed by atoms with Gasteiger partial charge in [0.2, 0.25) is 0 Å². The van der Waals surface area contributed by atoms with Crippen molar-refractivity contribution < 1.29 is 42.9 Å². The molecule has 0 fully saturated rings. The lowest BCUT2D eigenvalue weighted by molar-refractivity contribution is -0.870. The minimum Gasteiger partial charge on any atom is -0.477 e. The Balaban J connectivity index is 4.46. The number of hydrogen-bond donors (Lipinski definition) is 1. The Kier molecular flexibility index (Phi) is 37.2. The van der Waals surface area contributed by atoms with Gasteiger partial charge in [-0.1, -0.05) is 159 Å². The zero-order valence-electron chi connectivity index (χ0n) is 36.5. The number of carboxylic acid groups (broad SMARTS) is 1. The summed E-state index contributed by atoms with van der Waals surface area (Å²) in [4.78, 5) is 37.1.